The van der Waals surface area contributed by atoms with Crippen LogP contribution in [0.25, 0.3) is 0 Å². The van der Waals surface area contributed by atoms with Crippen molar-refractivity contribution in [1.82, 2.24) is 0 Å². The summed E-state index contributed by atoms with van der Waals surface area (Å²) in [7, 11) is 0. The summed E-state index contributed by atoms with van der Waals surface area (Å²) in [6.45, 7) is 5.69. The van der Waals surface area contributed by atoms with Crippen LogP contribution in [0.15, 0.2) is 24.4 Å². The monoisotopic (exact) mass is 220 g/mol. The minimum Gasteiger partial charge on any atom is -0.202 e. The van der Waals surface area contributed by atoms with E-state index in [2.05, 4.69) is 42.8 Å². The van der Waals surface area contributed by atoms with E-state index in [1.807, 2.05) is 0 Å². The van der Waals surface area contributed by atoms with Crippen LogP contribution in [0, 0.1) is 0 Å². The quantitative estimate of drug-likeness (QED) is 0.462. The SMILES string of the molecule is CCCCCCCC[n+]1ccccc1CC. The molecule has 0 aliphatic heterocycles. The lowest BCUT2D eigenvalue weighted by Crippen LogP contribution is -2.37. The van der Waals surface area contributed by atoms with Crippen molar-refractivity contribution >= 4 is 0 Å². The molecule has 0 spiro atoms. The minimum atomic E-state index is 1.14. The third kappa shape index (κ3) is 4.78. The molecule has 0 aliphatic carbocycles. The Hall–Kier alpha value is -0.850. The molecule has 1 nitrogen and oxygen atoms in total. The lowest BCUT2D eigenvalue weighted by atomic mass is 10.1. The van der Waals surface area contributed by atoms with E-state index < -0.39 is 0 Å². The molecule has 0 saturated carbocycles. The Kier molecular flexibility index (Phi) is 6.87. The molecule has 1 aromatic heterocycles. The van der Waals surface area contributed by atoms with Crippen molar-refractivity contribution in [2.24, 2.45) is 0 Å². The van der Waals surface area contributed by atoms with Crippen LogP contribution < -0.4 is 4.57 Å². The minimum absolute atomic E-state index is 1.14. The van der Waals surface area contributed by atoms with Gasteiger partial charge in [0.15, 0.2) is 11.9 Å². The fourth-order valence-electron chi connectivity index (χ4n) is 2.11. The van der Waals surface area contributed by atoms with Crippen molar-refractivity contribution in [3.05, 3.63) is 30.1 Å². The fraction of sp³-hybridized carbons (Fsp3) is 0.667. The van der Waals surface area contributed by atoms with Gasteiger partial charge in [-0.2, -0.15) is 0 Å². The van der Waals surface area contributed by atoms with E-state index in [1.54, 1.807) is 0 Å². The largest absolute Gasteiger partial charge is 0.202 e. The Labute approximate surface area is 101 Å². The Balaban J connectivity index is 2.21. The molecular weight excluding hydrogens is 194 g/mol. The summed E-state index contributed by atoms with van der Waals surface area (Å²) in [5.41, 5.74) is 1.45. The maximum atomic E-state index is 2.40. The van der Waals surface area contributed by atoms with Crippen LogP contribution in [0.4, 0.5) is 0 Å². The van der Waals surface area contributed by atoms with Gasteiger partial charge in [-0.25, -0.2) is 4.57 Å². The zero-order chi connectivity index (χ0) is 11.6. The summed E-state index contributed by atoms with van der Waals surface area (Å²) in [5.74, 6) is 0. The van der Waals surface area contributed by atoms with E-state index >= 15 is 0 Å². The van der Waals surface area contributed by atoms with E-state index in [4.69, 9.17) is 0 Å². The summed E-state index contributed by atoms with van der Waals surface area (Å²) >= 11 is 0. The van der Waals surface area contributed by atoms with E-state index in [0.29, 0.717) is 0 Å². The Bertz CT molecular complexity index is 281. The highest BCUT2D eigenvalue weighted by Gasteiger charge is 2.05. The van der Waals surface area contributed by atoms with Crippen molar-refractivity contribution < 1.29 is 4.57 Å². The van der Waals surface area contributed by atoms with Gasteiger partial charge >= 0.3 is 0 Å². The van der Waals surface area contributed by atoms with Gasteiger partial charge in [0.05, 0.1) is 0 Å². The number of nitrogens with zero attached hydrogens (tertiary/aromatic N) is 1. The summed E-state index contributed by atoms with van der Waals surface area (Å²) in [6, 6.07) is 6.50. The van der Waals surface area contributed by atoms with Crippen LogP contribution in [0.5, 0.6) is 0 Å². The van der Waals surface area contributed by atoms with Gasteiger partial charge in [0.25, 0.3) is 0 Å². The van der Waals surface area contributed by atoms with Crippen LogP contribution >= 0.6 is 0 Å². The molecular formula is C15H26N+. The normalized spacial score (nSPS) is 10.6. The van der Waals surface area contributed by atoms with Crippen LogP contribution in [0.1, 0.15) is 58.1 Å². The lowest BCUT2D eigenvalue weighted by molar-refractivity contribution is -0.704. The van der Waals surface area contributed by atoms with Crippen molar-refractivity contribution in [2.45, 2.75) is 65.3 Å². The first kappa shape index (κ1) is 13.2. The predicted octanol–water partition coefficient (Wildman–Crippen LogP) is 3.90. The van der Waals surface area contributed by atoms with Crippen molar-refractivity contribution in [1.29, 1.82) is 0 Å². The van der Waals surface area contributed by atoms with Crippen LogP contribution in [-0.4, -0.2) is 0 Å². The van der Waals surface area contributed by atoms with Crippen LogP contribution in [0.2, 0.25) is 0 Å². The van der Waals surface area contributed by atoms with Gasteiger partial charge in [-0.05, 0) is 6.42 Å². The van der Waals surface area contributed by atoms with Crippen molar-refractivity contribution in [3.8, 4) is 0 Å². The van der Waals surface area contributed by atoms with Gasteiger partial charge in [-0.3, -0.25) is 0 Å². The molecule has 0 fully saturated rings. The molecule has 0 bridgehead atoms. The molecule has 90 valence electrons. The zero-order valence-electron chi connectivity index (χ0n) is 10.9. The molecule has 0 amide bonds. The molecule has 1 heterocycles. The molecule has 0 aromatic carbocycles. The molecule has 0 unspecified atom stereocenters. The highest BCUT2D eigenvalue weighted by atomic mass is 14.9. The highest BCUT2D eigenvalue weighted by molar-refractivity contribution is 4.96. The van der Waals surface area contributed by atoms with Crippen LogP contribution in [0.3, 0.4) is 0 Å². The summed E-state index contributed by atoms with van der Waals surface area (Å²) < 4.78 is 2.40. The molecule has 0 N–H and O–H groups in total. The van der Waals surface area contributed by atoms with E-state index in [1.165, 1.54) is 50.8 Å². The number of pyridine rings is 1. The standard InChI is InChI=1S/C15H26N/c1-3-5-6-7-8-10-13-16-14-11-9-12-15(16)4-2/h9,11-12,14H,3-8,10,13H2,1-2H3/q+1. The van der Waals surface area contributed by atoms with Crippen LogP contribution in [-0.2, 0) is 13.0 Å². The molecule has 1 aromatic rings. The molecule has 16 heavy (non-hydrogen) atoms. The number of hydrogen-bond donors (Lipinski definition) is 0. The number of aromatic nitrogens is 1. The summed E-state index contributed by atoms with van der Waals surface area (Å²) in [4.78, 5) is 0. The Morgan fingerprint density at radius 1 is 0.938 bits per heavy atom. The Morgan fingerprint density at radius 3 is 2.44 bits per heavy atom. The molecule has 0 saturated heterocycles. The second kappa shape index (κ2) is 8.32. The summed E-state index contributed by atoms with van der Waals surface area (Å²) in [6.07, 6.45) is 11.6. The van der Waals surface area contributed by atoms with E-state index in [9.17, 15) is 0 Å². The zero-order valence-corrected chi connectivity index (χ0v) is 10.9. The molecule has 0 aliphatic rings. The van der Waals surface area contributed by atoms with Gasteiger partial charge in [-0.1, -0.05) is 45.6 Å². The second-order valence-electron chi connectivity index (χ2n) is 4.51. The first-order chi connectivity index (χ1) is 7.88. The Morgan fingerprint density at radius 2 is 1.69 bits per heavy atom. The van der Waals surface area contributed by atoms with Crippen molar-refractivity contribution in [2.75, 3.05) is 0 Å². The number of rotatable bonds is 8. The average molecular weight is 220 g/mol. The summed E-state index contributed by atoms with van der Waals surface area (Å²) in [5, 5.41) is 0. The van der Waals surface area contributed by atoms with E-state index in [0.717, 1.165) is 6.42 Å². The van der Waals surface area contributed by atoms with E-state index in [-0.39, 0.29) is 0 Å². The van der Waals surface area contributed by atoms with Gasteiger partial charge in [0.1, 0.15) is 6.54 Å². The van der Waals surface area contributed by atoms with Crippen molar-refractivity contribution in [3.63, 3.8) is 0 Å². The lowest BCUT2D eigenvalue weighted by Gasteiger charge is -2.02. The first-order valence-corrected chi connectivity index (χ1v) is 6.85. The molecule has 0 radical (unpaired) electrons. The molecule has 0 atom stereocenters. The first-order valence-electron chi connectivity index (χ1n) is 6.85. The topological polar surface area (TPSA) is 3.88 Å². The van der Waals surface area contributed by atoms with Gasteiger partial charge < -0.3 is 0 Å². The average Bonchev–Trinajstić information content (AvgIpc) is 2.34. The second-order valence-corrected chi connectivity index (χ2v) is 4.51. The third-order valence-electron chi connectivity index (χ3n) is 3.15. The van der Waals surface area contributed by atoms with Gasteiger partial charge in [0, 0.05) is 25.0 Å². The number of aryl methyl sites for hydroxylation is 2. The van der Waals surface area contributed by atoms with Gasteiger partial charge in [-0.15, -0.1) is 0 Å². The third-order valence-corrected chi connectivity index (χ3v) is 3.15. The predicted molar refractivity (Wildman–Crippen MR) is 69.4 cm³/mol. The number of hydrogen-bond acceptors (Lipinski definition) is 0. The maximum absolute atomic E-state index is 2.40. The highest BCUT2D eigenvalue weighted by Crippen LogP contribution is 2.05. The smallest absolute Gasteiger partial charge is 0.181 e. The maximum Gasteiger partial charge on any atom is 0.181 e. The molecule has 1 rings (SSSR count). The van der Waals surface area contributed by atoms with Gasteiger partial charge in [0.2, 0.25) is 0 Å². The number of unbranched alkanes of at least 4 members (excludes halogenated alkanes) is 5. The molecule has 1 heteroatoms. The fourth-order valence-corrected chi connectivity index (χ4v) is 2.11.